The Balaban J connectivity index is 1.70. The molecule has 2 aliphatic carbocycles. The summed E-state index contributed by atoms with van der Waals surface area (Å²) in [6.45, 7) is 7.90. The van der Waals surface area contributed by atoms with E-state index in [4.69, 9.17) is 4.74 Å². The topological polar surface area (TPSA) is 26.3 Å². The normalized spacial score (nSPS) is 37.1. The first-order valence-corrected chi connectivity index (χ1v) is 9.06. The number of hydrogen-bond donors (Lipinski definition) is 0. The Hall–Kier alpha value is -0.370. The minimum Gasteiger partial charge on any atom is -0.375 e. The quantitative estimate of drug-likeness (QED) is 0.696. The summed E-state index contributed by atoms with van der Waals surface area (Å²) < 4.78 is 6.17. The summed E-state index contributed by atoms with van der Waals surface area (Å²) in [6.07, 6.45) is 10.4. The summed E-state index contributed by atoms with van der Waals surface area (Å²) in [5.74, 6) is 2.18. The molecule has 1 saturated heterocycles. The molecule has 3 fully saturated rings. The van der Waals surface area contributed by atoms with Gasteiger partial charge in [-0.05, 0) is 55.8 Å². The van der Waals surface area contributed by atoms with Gasteiger partial charge in [0.05, 0.1) is 5.60 Å². The van der Waals surface area contributed by atoms with Crippen LogP contribution in [-0.4, -0.2) is 18.0 Å². The standard InChI is InChI=1S/C19H32O2/c1-18(2,3)15-6-7-17(20)16(12-15)14-8-11-21-19(13-14)9-4-5-10-19/h14-16H,4-13H2,1-3H3. The first-order valence-electron chi connectivity index (χ1n) is 9.06. The van der Waals surface area contributed by atoms with Crippen molar-refractivity contribution < 1.29 is 9.53 Å². The van der Waals surface area contributed by atoms with Crippen molar-refractivity contribution in [3.8, 4) is 0 Å². The molecule has 2 nitrogen and oxygen atoms in total. The fraction of sp³-hybridized carbons (Fsp3) is 0.947. The number of rotatable bonds is 1. The summed E-state index contributed by atoms with van der Waals surface area (Å²) in [5.41, 5.74) is 0.493. The van der Waals surface area contributed by atoms with E-state index in [1.807, 2.05) is 0 Å². The van der Waals surface area contributed by atoms with E-state index in [2.05, 4.69) is 20.8 Å². The molecule has 120 valence electrons. The van der Waals surface area contributed by atoms with E-state index in [9.17, 15) is 4.79 Å². The highest BCUT2D eigenvalue weighted by atomic mass is 16.5. The van der Waals surface area contributed by atoms with Crippen LogP contribution in [0.1, 0.15) is 78.6 Å². The van der Waals surface area contributed by atoms with Crippen LogP contribution in [0.4, 0.5) is 0 Å². The highest BCUT2D eigenvalue weighted by Crippen LogP contribution is 2.48. The highest BCUT2D eigenvalue weighted by molar-refractivity contribution is 5.82. The molecule has 0 aromatic rings. The van der Waals surface area contributed by atoms with Crippen molar-refractivity contribution in [3.63, 3.8) is 0 Å². The van der Waals surface area contributed by atoms with Gasteiger partial charge in [0.15, 0.2) is 0 Å². The van der Waals surface area contributed by atoms with Gasteiger partial charge in [0, 0.05) is 18.9 Å². The molecule has 2 saturated carbocycles. The molecule has 0 aromatic carbocycles. The zero-order valence-electron chi connectivity index (χ0n) is 14.1. The molecule has 3 aliphatic rings. The molecule has 1 aliphatic heterocycles. The summed E-state index contributed by atoms with van der Waals surface area (Å²) in [5, 5.41) is 0. The van der Waals surface area contributed by atoms with Crippen molar-refractivity contribution in [2.75, 3.05) is 6.61 Å². The zero-order valence-corrected chi connectivity index (χ0v) is 14.1. The van der Waals surface area contributed by atoms with Crippen LogP contribution < -0.4 is 0 Å². The number of carbonyl (C=O) groups is 1. The molecule has 21 heavy (non-hydrogen) atoms. The van der Waals surface area contributed by atoms with Gasteiger partial charge in [-0.1, -0.05) is 33.6 Å². The zero-order chi connectivity index (χ0) is 15.1. The summed E-state index contributed by atoms with van der Waals surface area (Å²) in [4.78, 5) is 12.5. The van der Waals surface area contributed by atoms with Gasteiger partial charge in [-0.2, -0.15) is 0 Å². The summed E-state index contributed by atoms with van der Waals surface area (Å²) in [7, 11) is 0. The first-order chi connectivity index (χ1) is 9.90. The number of hydrogen-bond acceptors (Lipinski definition) is 2. The molecule has 1 heterocycles. The van der Waals surface area contributed by atoms with Crippen LogP contribution in [0.3, 0.4) is 0 Å². The van der Waals surface area contributed by atoms with Gasteiger partial charge in [0.25, 0.3) is 0 Å². The van der Waals surface area contributed by atoms with Gasteiger partial charge in [-0.15, -0.1) is 0 Å². The van der Waals surface area contributed by atoms with E-state index in [1.165, 1.54) is 25.7 Å². The van der Waals surface area contributed by atoms with Crippen LogP contribution >= 0.6 is 0 Å². The largest absolute Gasteiger partial charge is 0.375 e. The average molecular weight is 292 g/mol. The van der Waals surface area contributed by atoms with Crippen LogP contribution in [0.25, 0.3) is 0 Å². The van der Waals surface area contributed by atoms with Gasteiger partial charge in [-0.25, -0.2) is 0 Å². The van der Waals surface area contributed by atoms with Gasteiger partial charge in [0.1, 0.15) is 5.78 Å². The molecule has 1 spiro atoms. The van der Waals surface area contributed by atoms with Crippen molar-refractivity contribution in [2.45, 2.75) is 84.2 Å². The van der Waals surface area contributed by atoms with E-state index in [1.54, 1.807) is 0 Å². The maximum Gasteiger partial charge on any atom is 0.136 e. The third-order valence-corrected chi connectivity index (χ3v) is 6.53. The number of ether oxygens (including phenoxy) is 1. The Morgan fingerprint density at radius 1 is 1.14 bits per heavy atom. The molecular formula is C19H32O2. The van der Waals surface area contributed by atoms with Crippen LogP contribution in [-0.2, 0) is 9.53 Å². The number of ketones is 1. The maximum atomic E-state index is 12.5. The van der Waals surface area contributed by atoms with Crippen molar-refractivity contribution in [3.05, 3.63) is 0 Å². The molecule has 3 unspecified atom stereocenters. The minimum absolute atomic E-state index is 0.151. The van der Waals surface area contributed by atoms with Crippen molar-refractivity contribution in [1.29, 1.82) is 0 Å². The van der Waals surface area contributed by atoms with E-state index < -0.39 is 0 Å². The van der Waals surface area contributed by atoms with Crippen LogP contribution in [0, 0.1) is 23.2 Å². The van der Waals surface area contributed by atoms with Crippen molar-refractivity contribution >= 4 is 5.78 Å². The molecule has 3 atom stereocenters. The molecular weight excluding hydrogens is 260 g/mol. The second kappa shape index (κ2) is 5.68. The predicted molar refractivity (Wildman–Crippen MR) is 85.2 cm³/mol. The van der Waals surface area contributed by atoms with Crippen LogP contribution in [0.5, 0.6) is 0 Å². The van der Waals surface area contributed by atoms with Crippen molar-refractivity contribution in [1.82, 2.24) is 0 Å². The lowest BCUT2D eigenvalue weighted by atomic mass is 9.63. The van der Waals surface area contributed by atoms with Crippen molar-refractivity contribution in [2.24, 2.45) is 23.2 Å². The van der Waals surface area contributed by atoms with Gasteiger partial charge in [0.2, 0.25) is 0 Å². The smallest absolute Gasteiger partial charge is 0.136 e. The minimum atomic E-state index is 0.151. The molecule has 0 N–H and O–H groups in total. The highest BCUT2D eigenvalue weighted by Gasteiger charge is 2.45. The Bertz CT molecular complexity index is 387. The van der Waals surface area contributed by atoms with Gasteiger partial charge < -0.3 is 4.74 Å². The number of Topliss-reactive ketones (excluding diaryl/α,β-unsaturated/α-hetero) is 1. The summed E-state index contributed by atoms with van der Waals surface area (Å²) >= 11 is 0. The lowest BCUT2D eigenvalue weighted by Crippen LogP contribution is -2.43. The Morgan fingerprint density at radius 2 is 1.86 bits per heavy atom. The average Bonchev–Trinajstić information content (AvgIpc) is 2.86. The van der Waals surface area contributed by atoms with Crippen LogP contribution in [0.15, 0.2) is 0 Å². The van der Waals surface area contributed by atoms with E-state index in [0.29, 0.717) is 29.0 Å². The Morgan fingerprint density at radius 3 is 2.52 bits per heavy atom. The van der Waals surface area contributed by atoms with E-state index >= 15 is 0 Å². The monoisotopic (exact) mass is 292 g/mol. The lowest BCUT2D eigenvalue weighted by molar-refractivity contribution is -0.137. The second-order valence-electron chi connectivity index (χ2n) is 8.90. The van der Waals surface area contributed by atoms with E-state index in [0.717, 1.165) is 38.7 Å². The second-order valence-corrected chi connectivity index (χ2v) is 8.90. The first kappa shape index (κ1) is 15.5. The molecule has 3 rings (SSSR count). The maximum absolute atomic E-state index is 12.5. The van der Waals surface area contributed by atoms with Gasteiger partial charge >= 0.3 is 0 Å². The number of carbonyl (C=O) groups excluding carboxylic acids is 1. The molecule has 2 heteroatoms. The Labute approximate surface area is 130 Å². The third-order valence-electron chi connectivity index (χ3n) is 6.53. The fourth-order valence-electron chi connectivity index (χ4n) is 5.08. The van der Waals surface area contributed by atoms with Gasteiger partial charge in [-0.3, -0.25) is 4.79 Å². The SMILES string of the molecule is CC(C)(C)C1CCC(=O)C(C2CCOC3(CCCC3)C2)C1. The molecule has 0 bridgehead atoms. The predicted octanol–water partition coefficient (Wildman–Crippen LogP) is 4.76. The Kier molecular flexibility index (Phi) is 4.20. The lowest BCUT2D eigenvalue weighted by Gasteiger charge is -2.44. The molecule has 0 amide bonds. The van der Waals surface area contributed by atoms with E-state index in [-0.39, 0.29) is 5.60 Å². The molecule has 0 aromatic heterocycles. The van der Waals surface area contributed by atoms with Crippen LogP contribution in [0.2, 0.25) is 0 Å². The fourth-order valence-corrected chi connectivity index (χ4v) is 5.08. The summed E-state index contributed by atoms with van der Waals surface area (Å²) in [6, 6.07) is 0. The molecule has 0 radical (unpaired) electrons. The third kappa shape index (κ3) is 3.21.